The van der Waals surface area contributed by atoms with E-state index >= 15 is 4.79 Å². The summed E-state index contributed by atoms with van der Waals surface area (Å²) in [4.78, 5) is 35.8. The van der Waals surface area contributed by atoms with Crippen LogP contribution in [0.4, 0.5) is 15.8 Å². The van der Waals surface area contributed by atoms with E-state index in [9.17, 15) is 19.6 Å². The number of phenolic OH excluding ortho intramolecular Hbond substituents is 1. The lowest BCUT2D eigenvalue weighted by atomic mass is 9.89. The molecule has 1 fully saturated rings. The molecule has 3 aliphatic rings. The molecule has 3 aliphatic heterocycles. The van der Waals surface area contributed by atoms with Gasteiger partial charge in [0.2, 0.25) is 0 Å². The second-order valence-electron chi connectivity index (χ2n) is 15.2. The zero-order valence-electron chi connectivity index (χ0n) is 32.6. The van der Waals surface area contributed by atoms with Crippen molar-refractivity contribution in [1.82, 2.24) is 24.3 Å². The van der Waals surface area contributed by atoms with Crippen LogP contribution >= 0.6 is 24.8 Å². The summed E-state index contributed by atoms with van der Waals surface area (Å²) in [6, 6.07) is 24.5. The van der Waals surface area contributed by atoms with Gasteiger partial charge in [-0.25, -0.2) is 4.39 Å². The SMILES string of the molecule is Cc1c(N(C(=O)c2cc(-c3cc4c(cc3C(=O)N3Cc5ccccc5C[C@H]3CN3CC[C@@H](F)C3)CNCC4)n(C)c2C)c2ccc(O)cc2)cc(C#N)n1C.Cl.Cl. The van der Waals surface area contributed by atoms with Crippen molar-refractivity contribution in [2.45, 2.75) is 58.4 Å². The number of nitrogens with zero attached hydrogens (tertiary/aromatic N) is 6. The minimum absolute atomic E-state index is 0. The quantitative estimate of drug-likeness (QED) is 0.179. The molecule has 10 nitrogen and oxygen atoms in total. The lowest BCUT2D eigenvalue weighted by molar-refractivity contribution is 0.0591. The molecular formula is C44H48Cl2FN7O3. The molecule has 2 atom stereocenters. The Labute approximate surface area is 345 Å². The van der Waals surface area contributed by atoms with Crippen LogP contribution in [0.25, 0.3) is 11.3 Å². The fourth-order valence-corrected chi connectivity index (χ4v) is 8.59. The van der Waals surface area contributed by atoms with Gasteiger partial charge in [0, 0.05) is 86.8 Å². The van der Waals surface area contributed by atoms with Crippen molar-refractivity contribution in [2.24, 2.45) is 14.1 Å². The van der Waals surface area contributed by atoms with Crippen LogP contribution in [-0.4, -0.2) is 74.2 Å². The van der Waals surface area contributed by atoms with Gasteiger partial charge in [-0.15, -0.1) is 24.8 Å². The Morgan fingerprint density at radius 1 is 0.930 bits per heavy atom. The molecule has 13 heteroatoms. The molecule has 2 N–H and O–H groups in total. The lowest BCUT2D eigenvalue weighted by Gasteiger charge is -2.39. The predicted molar refractivity (Wildman–Crippen MR) is 225 cm³/mol. The topological polar surface area (TPSA) is 110 Å². The van der Waals surface area contributed by atoms with E-state index in [2.05, 4.69) is 34.5 Å². The van der Waals surface area contributed by atoms with Gasteiger partial charge in [-0.2, -0.15) is 5.26 Å². The van der Waals surface area contributed by atoms with Crippen molar-refractivity contribution in [3.63, 3.8) is 0 Å². The lowest BCUT2D eigenvalue weighted by Crippen LogP contribution is -2.50. The Kier molecular flexibility index (Phi) is 12.2. The summed E-state index contributed by atoms with van der Waals surface area (Å²) in [5, 5.41) is 23.4. The van der Waals surface area contributed by atoms with E-state index in [1.807, 2.05) is 54.6 Å². The fraction of sp³-hybridized carbons (Fsp3) is 0.341. The van der Waals surface area contributed by atoms with E-state index in [4.69, 9.17) is 0 Å². The first kappa shape index (κ1) is 41.5. The van der Waals surface area contributed by atoms with Gasteiger partial charge < -0.3 is 24.5 Å². The molecule has 298 valence electrons. The molecule has 1 saturated heterocycles. The standard InChI is InChI=1S/C44H46FN7O3.2ClH/c1-27-38(44(55)52(34-9-11-37(53)12-10-34)41-20-35(22-46)48(3)28(41)2)21-42(49(27)4)39-18-30-13-15-47-23-32(30)19-40(39)43(54)51-24-31-8-6-5-7-29(31)17-36(51)26-50-16-14-33(45)25-50;;/h5-12,18-21,33,36,47,53H,13-17,23-26H2,1-4H3;2*1H/t33-,36+;;/m1../s1. The number of anilines is 2. The summed E-state index contributed by atoms with van der Waals surface area (Å²) in [7, 11) is 3.71. The van der Waals surface area contributed by atoms with E-state index in [0.717, 1.165) is 46.7 Å². The molecule has 5 heterocycles. The molecule has 2 aromatic heterocycles. The zero-order chi connectivity index (χ0) is 38.5. The van der Waals surface area contributed by atoms with Gasteiger partial charge in [-0.1, -0.05) is 24.3 Å². The Morgan fingerprint density at radius 2 is 1.67 bits per heavy atom. The van der Waals surface area contributed by atoms with Crippen LogP contribution in [0.5, 0.6) is 5.75 Å². The molecule has 3 aromatic carbocycles. The number of rotatable bonds is 7. The third-order valence-electron chi connectivity index (χ3n) is 12.0. The number of aromatic nitrogens is 2. The molecule has 8 rings (SSSR count). The number of nitriles is 1. The number of halogens is 3. The van der Waals surface area contributed by atoms with Crippen LogP contribution in [0.3, 0.4) is 0 Å². The van der Waals surface area contributed by atoms with Crippen molar-refractivity contribution in [3.05, 3.63) is 123 Å². The average Bonchev–Trinajstić information content (AvgIpc) is 3.84. The smallest absolute Gasteiger partial charge is 0.264 e. The maximum atomic E-state index is 15.2. The summed E-state index contributed by atoms with van der Waals surface area (Å²) in [6.07, 6.45) is 1.18. The number of carbonyl (C=O) groups is 2. The zero-order valence-corrected chi connectivity index (χ0v) is 34.2. The molecule has 57 heavy (non-hydrogen) atoms. The highest BCUT2D eigenvalue weighted by Gasteiger charge is 2.36. The first-order valence-corrected chi connectivity index (χ1v) is 19.0. The van der Waals surface area contributed by atoms with E-state index in [-0.39, 0.29) is 48.4 Å². The second-order valence-corrected chi connectivity index (χ2v) is 15.2. The largest absolute Gasteiger partial charge is 0.508 e. The molecule has 0 unspecified atom stereocenters. The van der Waals surface area contributed by atoms with E-state index in [1.165, 1.54) is 23.3 Å². The van der Waals surface area contributed by atoms with Gasteiger partial charge in [0.1, 0.15) is 23.7 Å². The number of nitrogens with one attached hydrogen (secondary N) is 1. The number of benzene rings is 3. The number of fused-ring (bicyclic) bond motifs is 2. The van der Waals surface area contributed by atoms with Crippen LogP contribution in [0.15, 0.2) is 72.8 Å². The van der Waals surface area contributed by atoms with E-state index in [1.54, 1.807) is 34.7 Å². The van der Waals surface area contributed by atoms with Crippen LogP contribution in [-0.2, 0) is 40.0 Å². The normalized spacial score (nSPS) is 17.5. The maximum Gasteiger partial charge on any atom is 0.264 e. The van der Waals surface area contributed by atoms with Crippen LogP contribution < -0.4 is 10.2 Å². The third-order valence-corrected chi connectivity index (χ3v) is 12.0. The number of alkyl halides is 1. The second kappa shape index (κ2) is 16.8. The van der Waals surface area contributed by atoms with Gasteiger partial charge in [0.15, 0.2) is 0 Å². The van der Waals surface area contributed by atoms with Crippen molar-refractivity contribution in [3.8, 4) is 23.1 Å². The van der Waals surface area contributed by atoms with Crippen LogP contribution in [0.2, 0.25) is 0 Å². The molecule has 2 amide bonds. The Hall–Kier alpha value is -5.12. The Morgan fingerprint density at radius 3 is 2.35 bits per heavy atom. The summed E-state index contributed by atoms with van der Waals surface area (Å²) in [5.74, 6) is -0.314. The van der Waals surface area contributed by atoms with Crippen molar-refractivity contribution in [1.29, 1.82) is 5.26 Å². The average molecular weight is 813 g/mol. The summed E-state index contributed by atoms with van der Waals surface area (Å²) in [5.41, 5.74) is 10.1. The highest BCUT2D eigenvalue weighted by molar-refractivity contribution is 6.13. The van der Waals surface area contributed by atoms with Crippen molar-refractivity contribution < 1.29 is 19.1 Å². The molecule has 0 aliphatic carbocycles. The van der Waals surface area contributed by atoms with Gasteiger partial charge in [-0.3, -0.25) is 19.4 Å². The van der Waals surface area contributed by atoms with Crippen LogP contribution in [0.1, 0.15) is 66.5 Å². The first-order valence-electron chi connectivity index (χ1n) is 19.0. The third kappa shape index (κ3) is 7.67. The Bertz CT molecular complexity index is 2370. The number of hydrogen-bond donors (Lipinski definition) is 2. The van der Waals surface area contributed by atoms with Gasteiger partial charge in [-0.05, 0) is 110 Å². The highest BCUT2D eigenvalue weighted by atomic mass is 35.5. The van der Waals surface area contributed by atoms with E-state index < -0.39 is 6.17 Å². The minimum atomic E-state index is -0.846. The van der Waals surface area contributed by atoms with Crippen LogP contribution in [0, 0.1) is 25.2 Å². The molecule has 0 spiro atoms. The fourth-order valence-electron chi connectivity index (χ4n) is 8.59. The molecule has 0 saturated carbocycles. The highest BCUT2D eigenvalue weighted by Crippen LogP contribution is 2.38. The van der Waals surface area contributed by atoms with Gasteiger partial charge in [0.25, 0.3) is 11.8 Å². The summed E-state index contributed by atoms with van der Waals surface area (Å²) >= 11 is 0. The predicted octanol–water partition coefficient (Wildman–Crippen LogP) is 7.30. The van der Waals surface area contributed by atoms with Gasteiger partial charge >= 0.3 is 0 Å². The number of hydrogen-bond acceptors (Lipinski definition) is 6. The number of likely N-dealkylation sites (tertiary alicyclic amines) is 1. The number of carbonyl (C=O) groups excluding carboxylic acids is 2. The Balaban J connectivity index is 0.00000275. The maximum absolute atomic E-state index is 15.2. The minimum Gasteiger partial charge on any atom is -0.508 e. The molecule has 0 bridgehead atoms. The van der Waals surface area contributed by atoms with E-state index in [0.29, 0.717) is 73.8 Å². The monoisotopic (exact) mass is 811 g/mol. The van der Waals surface area contributed by atoms with Crippen molar-refractivity contribution >= 4 is 48.0 Å². The molecular weight excluding hydrogens is 764 g/mol. The van der Waals surface area contributed by atoms with Gasteiger partial charge in [0.05, 0.1) is 11.3 Å². The number of phenols is 1. The molecule has 0 radical (unpaired) electrons. The number of amides is 2. The first-order chi connectivity index (χ1) is 26.5. The molecule has 5 aromatic rings. The summed E-state index contributed by atoms with van der Waals surface area (Å²) in [6.45, 7) is 7.38. The van der Waals surface area contributed by atoms with Crippen molar-refractivity contribution in [2.75, 3.05) is 31.1 Å². The summed E-state index contributed by atoms with van der Waals surface area (Å²) < 4.78 is 18.1. The number of aromatic hydroxyl groups is 1.